The Bertz CT molecular complexity index is 690. The summed E-state index contributed by atoms with van der Waals surface area (Å²) in [6.07, 6.45) is 3.41. The van der Waals surface area contributed by atoms with Gasteiger partial charge in [-0.15, -0.1) is 0 Å². The molecule has 0 atom stereocenters. The largest absolute Gasteiger partial charge is 0.378 e. The highest BCUT2D eigenvalue weighted by molar-refractivity contribution is 5.75. The fourth-order valence-electron chi connectivity index (χ4n) is 2.28. The second-order valence-electron chi connectivity index (χ2n) is 5.68. The molecule has 0 aliphatic heterocycles. The molecule has 2 rings (SSSR count). The van der Waals surface area contributed by atoms with Crippen molar-refractivity contribution in [2.75, 3.05) is 25.5 Å². The molecule has 1 N–H and O–H groups in total. The summed E-state index contributed by atoms with van der Waals surface area (Å²) >= 11 is 0. The van der Waals surface area contributed by atoms with Crippen molar-refractivity contribution in [1.29, 1.82) is 0 Å². The molecule has 2 aromatic rings. The second-order valence-corrected chi connectivity index (χ2v) is 5.68. The number of carbonyl (C=O) groups is 1. The van der Waals surface area contributed by atoms with E-state index in [-0.39, 0.29) is 18.0 Å². The van der Waals surface area contributed by atoms with Gasteiger partial charge in [-0.1, -0.05) is 18.2 Å². The zero-order valence-corrected chi connectivity index (χ0v) is 13.7. The highest BCUT2D eigenvalue weighted by Gasteiger charge is 2.03. The Balaban J connectivity index is 1.71. The van der Waals surface area contributed by atoms with Crippen molar-refractivity contribution < 1.29 is 4.79 Å². The van der Waals surface area contributed by atoms with Crippen molar-refractivity contribution in [1.82, 2.24) is 9.88 Å². The van der Waals surface area contributed by atoms with Crippen molar-refractivity contribution >= 4 is 11.6 Å². The number of hydrogen-bond acceptors (Lipinski definition) is 3. The Hall–Kier alpha value is -2.56. The molecule has 0 aliphatic rings. The van der Waals surface area contributed by atoms with Crippen LogP contribution in [0.15, 0.2) is 53.5 Å². The average Bonchev–Trinajstić information content (AvgIpc) is 2.54. The first-order chi connectivity index (χ1) is 11.1. The maximum Gasteiger partial charge on any atom is 0.250 e. The van der Waals surface area contributed by atoms with Crippen molar-refractivity contribution in [3.8, 4) is 0 Å². The fourth-order valence-corrected chi connectivity index (χ4v) is 2.28. The van der Waals surface area contributed by atoms with Gasteiger partial charge in [-0.25, -0.2) is 0 Å². The first-order valence-corrected chi connectivity index (χ1v) is 7.75. The van der Waals surface area contributed by atoms with Crippen LogP contribution < -0.4 is 15.8 Å². The van der Waals surface area contributed by atoms with Crippen LogP contribution in [0.5, 0.6) is 0 Å². The average molecular weight is 313 g/mol. The van der Waals surface area contributed by atoms with Crippen LogP contribution in [0, 0.1) is 0 Å². The van der Waals surface area contributed by atoms with Crippen LogP contribution in [0.2, 0.25) is 0 Å². The first kappa shape index (κ1) is 16.8. The third-order valence-electron chi connectivity index (χ3n) is 3.63. The van der Waals surface area contributed by atoms with Gasteiger partial charge in [0.25, 0.3) is 5.56 Å². The third kappa shape index (κ3) is 5.29. The molecule has 0 aliphatic carbocycles. The molecule has 5 nitrogen and oxygen atoms in total. The number of anilines is 1. The molecule has 0 saturated heterocycles. The number of aromatic nitrogens is 1. The minimum Gasteiger partial charge on any atom is -0.378 e. The Morgan fingerprint density at radius 2 is 1.87 bits per heavy atom. The lowest BCUT2D eigenvalue weighted by Crippen LogP contribution is -2.32. The minimum atomic E-state index is -0.163. The van der Waals surface area contributed by atoms with E-state index in [2.05, 4.69) is 34.5 Å². The summed E-state index contributed by atoms with van der Waals surface area (Å²) < 4.78 is 1.40. The van der Waals surface area contributed by atoms with Gasteiger partial charge in [0.05, 0.1) is 0 Å². The maximum absolute atomic E-state index is 11.8. The van der Waals surface area contributed by atoms with Crippen LogP contribution in [0.1, 0.15) is 12.0 Å². The first-order valence-electron chi connectivity index (χ1n) is 7.75. The predicted octanol–water partition coefficient (Wildman–Crippen LogP) is 1.66. The van der Waals surface area contributed by atoms with Crippen LogP contribution in [0.25, 0.3) is 0 Å². The quantitative estimate of drug-likeness (QED) is 0.791. The van der Waals surface area contributed by atoms with Crippen LogP contribution >= 0.6 is 0 Å². The molecule has 23 heavy (non-hydrogen) atoms. The lowest BCUT2D eigenvalue weighted by Gasteiger charge is -2.12. The number of pyridine rings is 1. The van der Waals surface area contributed by atoms with Crippen molar-refractivity contribution in [3.05, 3.63) is 64.6 Å². The van der Waals surface area contributed by atoms with E-state index in [9.17, 15) is 9.59 Å². The monoisotopic (exact) mass is 313 g/mol. The second kappa shape index (κ2) is 8.17. The van der Waals surface area contributed by atoms with Gasteiger partial charge in [0.2, 0.25) is 5.91 Å². The lowest BCUT2D eigenvalue weighted by molar-refractivity contribution is -0.121. The maximum atomic E-state index is 11.8. The van der Waals surface area contributed by atoms with Gasteiger partial charge in [-0.05, 0) is 36.6 Å². The summed E-state index contributed by atoms with van der Waals surface area (Å²) in [5, 5.41) is 2.85. The number of aryl methyl sites for hydroxylation is 1. The zero-order valence-electron chi connectivity index (χ0n) is 13.7. The molecular formula is C18H23N3O2. The Morgan fingerprint density at radius 1 is 1.13 bits per heavy atom. The van der Waals surface area contributed by atoms with E-state index in [1.54, 1.807) is 18.3 Å². The van der Waals surface area contributed by atoms with Gasteiger partial charge in [-0.3, -0.25) is 9.59 Å². The van der Waals surface area contributed by atoms with Gasteiger partial charge >= 0.3 is 0 Å². The van der Waals surface area contributed by atoms with Gasteiger partial charge in [0, 0.05) is 38.6 Å². The molecule has 0 bridgehead atoms. The molecule has 1 aromatic heterocycles. The van der Waals surface area contributed by atoms with Crippen LogP contribution in [-0.4, -0.2) is 31.1 Å². The number of carbonyl (C=O) groups excluding carboxylic acids is 1. The Morgan fingerprint density at radius 3 is 2.52 bits per heavy atom. The highest BCUT2D eigenvalue weighted by atomic mass is 16.2. The zero-order chi connectivity index (χ0) is 16.7. The van der Waals surface area contributed by atoms with E-state index in [1.807, 2.05) is 14.1 Å². The molecule has 0 saturated carbocycles. The molecule has 0 spiro atoms. The van der Waals surface area contributed by atoms with Gasteiger partial charge in [0.15, 0.2) is 0 Å². The van der Waals surface area contributed by atoms with E-state index in [4.69, 9.17) is 0 Å². The number of amides is 1. The molecule has 0 radical (unpaired) electrons. The van der Waals surface area contributed by atoms with Crippen LogP contribution in [-0.2, 0) is 17.8 Å². The topological polar surface area (TPSA) is 54.3 Å². The van der Waals surface area contributed by atoms with Gasteiger partial charge < -0.3 is 14.8 Å². The van der Waals surface area contributed by atoms with E-state index in [1.165, 1.54) is 21.9 Å². The van der Waals surface area contributed by atoms with Gasteiger partial charge in [0.1, 0.15) is 6.54 Å². The summed E-state index contributed by atoms with van der Waals surface area (Å²) in [7, 11) is 4.03. The third-order valence-corrected chi connectivity index (χ3v) is 3.63. The summed E-state index contributed by atoms with van der Waals surface area (Å²) in [5.74, 6) is -0.138. The molecule has 1 amide bonds. The van der Waals surface area contributed by atoms with Crippen molar-refractivity contribution in [2.45, 2.75) is 19.4 Å². The SMILES string of the molecule is CN(C)c1ccc(CCCNC(=O)Cn2ccccc2=O)cc1. The number of hydrogen-bond donors (Lipinski definition) is 1. The Labute approximate surface area is 136 Å². The van der Waals surface area contributed by atoms with Crippen molar-refractivity contribution in [3.63, 3.8) is 0 Å². The van der Waals surface area contributed by atoms with E-state index >= 15 is 0 Å². The van der Waals surface area contributed by atoms with Crippen LogP contribution in [0.3, 0.4) is 0 Å². The number of nitrogens with zero attached hydrogens (tertiary/aromatic N) is 2. The Kier molecular flexibility index (Phi) is 5.97. The fraction of sp³-hybridized carbons (Fsp3) is 0.333. The molecule has 0 fully saturated rings. The van der Waals surface area contributed by atoms with E-state index < -0.39 is 0 Å². The number of benzene rings is 1. The molecule has 122 valence electrons. The smallest absolute Gasteiger partial charge is 0.250 e. The highest BCUT2D eigenvalue weighted by Crippen LogP contribution is 2.13. The molecule has 0 unspecified atom stereocenters. The summed E-state index contributed by atoms with van der Waals surface area (Å²) in [4.78, 5) is 25.4. The minimum absolute atomic E-state index is 0.0667. The summed E-state index contributed by atoms with van der Waals surface area (Å²) in [5.41, 5.74) is 2.27. The number of nitrogens with one attached hydrogen (secondary N) is 1. The van der Waals surface area contributed by atoms with E-state index in [0.29, 0.717) is 6.54 Å². The predicted molar refractivity (Wildman–Crippen MR) is 92.8 cm³/mol. The molecule has 5 heteroatoms. The number of rotatable bonds is 7. The van der Waals surface area contributed by atoms with Crippen molar-refractivity contribution in [2.24, 2.45) is 0 Å². The lowest BCUT2D eigenvalue weighted by atomic mass is 10.1. The summed E-state index contributed by atoms with van der Waals surface area (Å²) in [6, 6.07) is 13.3. The molecule has 1 heterocycles. The van der Waals surface area contributed by atoms with E-state index in [0.717, 1.165) is 12.8 Å². The van der Waals surface area contributed by atoms with Gasteiger partial charge in [-0.2, -0.15) is 0 Å². The summed E-state index contributed by atoms with van der Waals surface area (Å²) in [6.45, 7) is 0.674. The molecular weight excluding hydrogens is 290 g/mol. The standard InChI is InChI=1S/C18H23N3O2/c1-20(2)16-10-8-15(9-11-16)6-5-12-19-17(22)14-21-13-4-3-7-18(21)23/h3-4,7-11,13H,5-6,12,14H2,1-2H3,(H,19,22). The van der Waals surface area contributed by atoms with Crippen LogP contribution in [0.4, 0.5) is 5.69 Å². The normalized spacial score (nSPS) is 10.3. The molecule has 1 aromatic carbocycles.